The highest BCUT2D eigenvalue weighted by Crippen LogP contribution is 2.29. The average molecular weight is 277 g/mol. The average Bonchev–Trinajstić information content (AvgIpc) is 2.54. The van der Waals surface area contributed by atoms with Crippen LogP contribution in [0.4, 0.5) is 5.82 Å². The van der Waals surface area contributed by atoms with E-state index in [1.165, 1.54) is 5.56 Å². The second-order valence-electron chi connectivity index (χ2n) is 5.14. The summed E-state index contributed by atoms with van der Waals surface area (Å²) in [6.45, 7) is 2.20. The standard InChI is InChI=1S/C18H19N3/c1-3-7-13-8-6-9-14(12-13)17-15-10-4-5-11-16(15)18(19-2)21-20-17/h4-6,8-12H,3,7H2,1-2H3,(H,19,21). The number of rotatable bonds is 4. The number of nitrogens with one attached hydrogen (secondary N) is 1. The highest BCUT2D eigenvalue weighted by molar-refractivity contribution is 5.99. The maximum Gasteiger partial charge on any atom is 0.156 e. The molecule has 2 aromatic carbocycles. The lowest BCUT2D eigenvalue weighted by Crippen LogP contribution is -1.98. The Labute approximate surface area is 125 Å². The second-order valence-corrected chi connectivity index (χ2v) is 5.14. The van der Waals surface area contributed by atoms with E-state index in [9.17, 15) is 0 Å². The van der Waals surface area contributed by atoms with Crippen molar-refractivity contribution >= 4 is 16.6 Å². The molecular weight excluding hydrogens is 258 g/mol. The molecule has 0 spiro atoms. The van der Waals surface area contributed by atoms with Gasteiger partial charge in [0.15, 0.2) is 5.82 Å². The first kappa shape index (κ1) is 13.6. The Kier molecular flexibility index (Phi) is 3.82. The van der Waals surface area contributed by atoms with E-state index in [0.717, 1.165) is 40.7 Å². The van der Waals surface area contributed by atoms with Crippen molar-refractivity contribution in [3.05, 3.63) is 54.1 Å². The van der Waals surface area contributed by atoms with Crippen molar-refractivity contribution in [3.63, 3.8) is 0 Å². The minimum atomic E-state index is 0.819. The van der Waals surface area contributed by atoms with Crippen molar-refractivity contribution < 1.29 is 0 Å². The molecule has 0 radical (unpaired) electrons. The molecule has 0 aliphatic heterocycles. The van der Waals surface area contributed by atoms with Gasteiger partial charge in [0.2, 0.25) is 0 Å². The molecule has 0 fully saturated rings. The summed E-state index contributed by atoms with van der Waals surface area (Å²) in [5, 5.41) is 14.1. The molecule has 1 heterocycles. The van der Waals surface area contributed by atoms with Crippen LogP contribution in [-0.4, -0.2) is 17.2 Å². The third-order valence-electron chi connectivity index (χ3n) is 3.66. The fourth-order valence-electron chi connectivity index (χ4n) is 2.66. The van der Waals surface area contributed by atoms with Crippen molar-refractivity contribution in [1.82, 2.24) is 10.2 Å². The van der Waals surface area contributed by atoms with Gasteiger partial charge < -0.3 is 5.32 Å². The highest BCUT2D eigenvalue weighted by Gasteiger charge is 2.10. The van der Waals surface area contributed by atoms with Crippen LogP contribution in [0.2, 0.25) is 0 Å². The minimum absolute atomic E-state index is 0.819. The Morgan fingerprint density at radius 2 is 1.76 bits per heavy atom. The number of hydrogen-bond donors (Lipinski definition) is 1. The van der Waals surface area contributed by atoms with E-state index in [4.69, 9.17) is 0 Å². The van der Waals surface area contributed by atoms with E-state index in [-0.39, 0.29) is 0 Å². The molecule has 0 aliphatic carbocycles. The van der Waals surface area contributed by atoms with Crippen molar-refractivity contribution in [2.45, 2.75) is 19.8 Å². The summed E-state index contributed by atoms with van der Waals surface area (Å²) in [4.78, 5) is 0. The van der Waals surface area contributed by atoms with E-state index >= 15 is 0 Å². The van der Waals surface area contributed by atoms with Crippen LogP contribution in [0.1, 0.15) is 18.9 Å². The number of nitrogens with zero attached hydrogens (tertiary/aromatic N) is 2. The largest absolute Gasteiger partial charge is 0.371 e. The maximum absolute atomic E-state index is 4.44. The third kappa shape index (κ3) is 2.59. The first-order valence-electron chi connectivity index (χ1n) is 7.36. The Hall–Kier alpha value is -2.42. The molecule has 0 saturated heterocycles. The number of aryl methyl sites for hydroxylation is 1. The van der Waals surface area contributed by atoms with Gasteiger partial charge in [0.05, 0.1) is 0 Å². The van der Waals surface area contributed by atoms with Gasteiger partial charge in [0.25, 0.3) is 0 Å². The third-order valence-corrected chi connectivity index (χ3v) is 3.66. The zero-order valence-corrected chi connectivity index (χ0v) is 12.4. The first-order valence-corrected chi connectivity index (χ1v) is 7.36. The summed E-state index contributed by atoms with van der Waals surface area (Å²) in [5.74, 6) is 0.819. The molecule has 0 atom stereocenters. The van der Waals surface area contributed by atoms with Gasteiger partial charge in [-0.15, -0.1) is 10.2 Å². The van der Waals surface area contributed by atoms with Gasteiger partial charge in [0, 0.05) is 23.4 Å². The van der Waals surface area contributed by atoms with Crippen LogP contribution in [0, 0.1) is 0 Å². The van der Waals surface area contributed by atoms with E-state index in [2.05, 4.69) is 58.8 Å². The molecule has 0 saturated carbocycles. The van der Waals surface area contributed by atoms with Gasteiger partial charge in [-0.1, -0.05) is 55.8 Å². The molecule has 0 aliphatic rings. The topological polar surface area (TPSA) is 37.8 Å². The lowest BCUT2D eigenvalue weighted by molar-refractivity contribution is 0.922. The van der Waals surface area contributed by atoms with Crippen molar-refractivity contribution in [2.75, 3.05) is 12.4 Å². The van der Waals surface area contributed by atoms with Crippen LogP contribution in [0.3, 0.4) is 0 Å². The van der Waals surface area contributed by atoms with Gasteiger partial charge in [-0.3, -0.25) is 0 Å². The van der Waals surface area contributed by atoms with Gasteiger partial charge in [-0.05, 0) is 18.1 Å². The fraction of sp³-hybridized carbons (Fsp3) is 0.222. The summed E-state index contributed by atoms with van der Waals surface area (Å²) in [6.07, 6.45) is 2.24. The Bertz CT molecular complexity index is 765. The van der Waals surface area contributed by atoms with Crippen LogP contribution in [0.25, 0.3) is 22.0 Å². The molecule has 1 N–H and O–H groups in total. The van der Waals surface area contributed by atoms with Gasteiger partial charge in [-0.25, -0.2) is 0 Å². The molecular formula is C18H19N3. The van der Waals surface area contributed by atoms with Crippen LogP contribution < -0.4 is 5.32 Å². The zero-order valence-electron chi connectivity index (χ0n) is 12.4. The molecule has 3 rings (SSSR count). The molecule has 21 heavy (non-hydrogen) atoms. The number of anilines is 1. The predicted octanol–water partition coefficient (Wildman–Crippen LogP) is 4.29. The molecule has 3 heteroatoms. The lowest BCUT2D eigenvalue weighted by Gasteiger charge is -2.09. The van der Waals surface area contributed by atoms with Crippen molar-refractivity contribution in [1.29, 1.82) is 0 Å². The Morgan fingerprint density at radius 3 is 2.52 bits per heavy atom. The first-order chi connectivity index (χ1) is 10.3. The molecule has 106 valence electrons. The summed E-state index contributed by atoms with van der Waals surface area (Å²) >= 11 is 0. The highest BCUT2D eigenvalue weighted by atomic mass is 15.2. The predicted molar refractivity (Wildman–Crippen MR) is 88.5 cm³/mol. The molecule has 3 aromatic rings. The number of benzene rings is 2. The van der Waals surface area contributed by atoms with Gasteiger partial charge in [0.1, 0.15) is 5.69 Å². The molecule has 0 amide bonds. The van der Waals surface area contributed by atoms with Crippen molar-refractivity contribution in [2.24, 2.45) is 0 Å². The van der Waals surface area contributed by atoms with Crippen LogP contribution >= 0.6 is 0 Å². The molecule has 0 bridgehead atoms. The number of hydrogen-bond acceptors (Lipinski definition) is 3. The van der Waals surface area contributed by atoms with E-state index in [1.807, 2.05) is 19.2 Å². The normalized spacial score (nSPS) is 10.8. The van der Waals surface area contributed by atoms with E-state index in [0.29, 0.717) is 0 Å². The SMILES string of the molecule is CCCc1cccc(-c2nnc(NC)c3ccccc23)c1. The zero-order chi connectivity index (χ0) is 14.7. The molecule has 3 nitrogen and oxygen atoms in total. The van der Waals surface area contributed by atoms with Crippen LogP contribution in [-0.2, 0) is 6.42 Å². The van der Waals surface area contributed by atoms with E-state index < -0.39 is 0 Å². The lowest BCUT2D eigenvalue weighted by atomic mass is 10.0. The van der Waals surface area contributed by atoms with Crippen LogP contribution in [0.15, 0.2) is 48.5 Å². The quantitative estimate of drug-likeness (QED) is 0.773. The second kappa shape index (κ2) is 5.92. The summed E-state index contributed by atoms with van der Waals surface area (Å²) in [5.41, 5.74) is 3.42. The summed E-state index contributed by atoms with van der Waals surface area (Å²) in [6, 6.07) is 16.9. The summed E-state index contributed by atoms with van der Waals surface area (Å²) < 4.78 is 0. The number of aromatic nitrogens is 2. The van der Waals surface area contributed by atoms with Crippen LogP contribution in [0.5, 0.6) is 0 Å². The Balaban J connectivity index is 2.19. The monoisotopic (exact) mass is 277 g/mol. The van der Waals surface area contributed by atoms with Gasteiger partial charge >= 0.3 is 0 Å². The Morgan fingerprint density at radius 1 is 0.952 bits per heavy atom. The smallest absolute Gasteiger partial charge is 0.156 e. The summed E-state index contributed by atoms with van der Waals surface area (Å²) in [7, 11) is 1.87. The fourth-order valence-corrected chi connectivity index (χ4v) is 2.66. The molecule has 0 unspecified atom stereocenters. The van der Waals surface area contributed by atoms with Crippen molar-refractivity contribution in [3.8, 4) is 11.3 Å². The minimum Gasteiger partial charge on any atom is -0.371 e. The molecule has 1 aromatic heterocycles. The number of fused-ring (bicyclic) bond motifs is 1. The maximum atomic E-state index is 4.44. The van der Waals surface area contributed by atoms with E-state index in [1.54, 1.807) is 0 Å². The van der Waals surface area contributed by atoms with Gasteiger partial charge in [-0.2, -0.15) is 0 Å².